The average Bonchev–Trinajstić information content (AvgIpc) is 2.70. The van der Waals surface area contributed by atoms with E-state index in [-0.39, 0.29) is 18.8 Å². The Morgan fingerprint density at radius 2 is 0.935 bits per heavy atom. The van der Waals surface area contributed by atoms with Gasteiger partial charge in [-0.2, -0.15) is 39.5 Å². The Bertz CT molecular complexity index is 540. The summed E-state index contributed by atoms with van der Waals surface area (Å²) in [5.74, 6) is -19.5. The zero-order chi connectivity index (χ0) is 23.5. The normalized spacial score (nSPS) is 29.2. The van der Waals surface area contributed by atoms with Crippen LogP contribution in [0, 0.1) is 23.7 Å². The third-order valence-corrected chi connectivity index (χ3v) is 7.44. The minimum Gasteiger partial charge on any atom is -0.199 e. The fourth-order valence-corrected chi connectivity index (χ4v) is 5.23. The lowest BCUT2D eigenvalue weighted by molar-refractivity contribution is -0.404. The Morgan fingerprint density at radius 1 is 0.548 bits per heavy atom. The van der Waals surface area contributed by atoms with Crippen molar-refractivity contribution in [1.29, 1.82) is 0 Å². The monoisotopic (exact) mass is 468 g/mol. The molecule has 0 aromatic heterocycles. The van der Waals surface area contributed by atoms with Crippen molar-refractivity contribution in [2.45, 2.75) is 114 Å². The largest absolute Gasteiger partial charge is 0.460 e. The smallest absolute Gasteiger partial charge is 0.199 e. The predicted molar refractivity (Wildman–Crippen MR) is 101 cm³/mol. The van der Waals surface area contributed by atoms with Gasteiger partial charge in [0, 0.05) is 5.92 Å². The molecule has 0 saturated heterocycles. The molecule has 0 spiro atoms. The summed E-state index contributed by atoms with van der Waals surface area (Å²) in [5, 5.41) is 0. The van der Waals surface area contributed by atoms with E-state index in [1.807, 2.05) is 0 Å². The number of halogens is 9. The maximum Gasteiger partial charge on any atom is 0.460 e. The van der Waals surface area contributed by atoms with Crippen molar-refractivity contribution in [2.24, 2.45) is 23.7 Å². The summed E-state index contributed by atoms with van der Waals surface area (Å²) in [6.45, 7) is 2.17. The highest BCUT2D eigenvalue weighted by Crippen LogP contribution is 2.57. The molecular weight excluding hydrogens is 435 g/mol. The molecule has 0 aromatic rings. The molecular formula is C22H33F9. The van der Waals surface area contributed by atoms with Gasteiger partial charge in [0.25, 0.3) is 0 Å². The Balaban J connectivity index is 1.81. The predicted octanol–water partition coefficient (Wildman–Crippen LogP) is 9.04. The van der Waals surface area contributed by atoms with Gasteiger partial charge in [0.2, 0.25) is 0 Å². The minimum absolute atomic E-state index is 0.0293. The van der Waals surface area contributed by atoms with Crippen LogP contribution >= 0.6 is 0 Å². The van der Waals surface area contributed by atoms with Gasteiger partial charge in [-0.3, -0.25) is 0 Å². The van der Waals surface area contributed by atoms with Crippen molar-refractivity contribution in [1.82, 2.24) is 0 Å². The molecule has 9 heteroatoms. The van der Waals surface area contributed by atoms with Crippen LogP contribution in [-0.2, 0) is 0 Å². The van der Waals surface area contributed by atoms with Crippen molar-refractivity contribution < 1.29 is 39.5 Å². The Hall–Kier alpha value is -0.630. The molecule has 0 aromatic carbocycles. The first-order chi connectivity index (χ1) is 14.2. The second kappa shape index (κ2) is 10.1. The Kier molecular flexibility index (Phi) is 8.68. The van der Waals surface area contributed by atoms with Crippen molar-refractivity contribution in [3.05, 3.63) is 0 Å². The molecule has 2 fully saturated rings. The summed E-state index contributed by atoms with van der Waals surface area (Å²) in [5.41, 5.74) is 0. The Morgan fingerprint density at radius 3 is 1.32 bits per heavy atom. The van der Waals surface area contributed by atoms with E-state index >= 15 is 0 Å². The number of hydrogen-bond donors (Lipinski definition) is 0. The Labute approximate surface area is 178 Å². The first-order valence-electron chi connectivity index (χ1n) is 11.4. The van der Waals surface area contributed by atoms with Crippen LogP contribution in [0.3, 0.4) is 0 Å². The van der Waals surface area contributed by atoms with Gasteiger partial charge >= 0.3 is 23.9 Å². The lowest BCUT2D eigenvalue weighted by Crippen LogP contribution is -2.63. The van der Waals surface area contributed by atoms with E-state index in [0.717, 1.165) is 31.6 Å². The molecule has 184 valence electrons. The molecule has 0 amide bonds. The number of alkyl halides is 9. The third-order valence-electron chi connectivity index (χ3n) is 7.44. The van der Waals surface area contributed by atoms with Crippen LogP contribution in [0.1, 0.15) is 90.4 Å². The zero-order valence-corrected chi connectivity index (χ0v) is 17.9. The zero-order valence-electron chi connectivity index (χ0n) is 17.9. The van der Waals surface area contributed by atoms with Gasteiger partial charge in [-0.25, -0.2) is 0 Å². The average molecular weight is 468 g/mol. The van der Waals surface area contributed by atoms with E-state index in [4.69, 9.17) is 0 Å². The highest BCUT2D eigenvalue weighted by atomic mass is 19.4. The van der Waals surface area contributed by atoms with Gasteiger partial charge in [0.05, 0.1) is 0 Å². The second-order valence-electron chi connectivity index (χ2n) is 9.59. The number of unbranched alkanes of at least 4 members (excludes halogenated alkanes) is 1. The van der Waals surface area contributed by atoms with Crippen molar-refractivity contribution >= 4 is 0 Å². The van der Waals surface area contributed by atoms with E-state index in [1.54, 1.807) is 0 Å². The minimum atomic E-state index is -6.78. The quantitative estimate of drug-likeness (QED) is 0.296. The molecule has 0 heterocycles. The van der Waals surface area contributed by atoms with Gasteiger partial charge < -0.3 is 0 Å². The van der Waals surface area contributed by atoms with Gasteiger partial charge in [0.15, 0.2) is 0 Å². The van der Waals surface area contributed by atoms with Gasteiger partial charge in [-0.1, -0.05) is 64.7 Å². The molecule has 2 saturated carbocycles. The topological polar surface area (TPSA) is 0 Å². The van der Waals surface area contributed by atoms with Crippen LogP contribution in [0.5, 0.6) is 0 Å². The lowest BCUT2D eigenvalue weighted by atomic mass is 9.73. The summed E-state index contributed by atoms with van der Waals surface area (Å²) >= 11 is 0. The summed E-state index contributed by atoms with van der Waals surface area (Å²) in [6, 6.07) is 0. The van der Waals surface area contributed by atoms with E-state index in [9.17, 15) is 39.5 Å². The van der Waals surface area contributed by atoms with Crippen LogP contribution in [0.15, 0.2) is 0 Å². The first kappa shape index (κ1) is 26.6. The molecule has 0 unspecified atom stereocenters. The first-order valence-corrected chi connectivity index (χ1v) is 11.4. The molecule has 0 atom stereocenters. The number of hydrogen-bond acceptors (Lipinski definition) is 0. The molecule has 0 N–H and O–H groups in total. The van der Waals surface area contributed by atoms with E-state index in [2.05, 4.69) is 6.92 Å². The molecule has 31 heavy (non-hydrogen) atoms. The molecule has 2 rings (SSSR count). The standard InChI is InChI=1S/C22H33F9/c1-2-3-4-15-5-7-16(8-6-15)9-10-17-11-13-18(14-12-17)19(23,24)20(25,26)21(27,28)22(29,30)31/h15-18H,2-14H2,1H3/t15-,16-,17-,18-. The highest BCUT2D eigenvalue weighted by molar-refractivity contribution is 5.03. The van der Waals surface area contributed by atoms with Crippen molar-refractivity contribution in [3.63, 3.8) is 0 Å². The van der Waals surface area contributed by atoms with Crippen LogP contribution in [-0.4, -0.2) is 23.9 Å². The van der Waals surface area contributed by atoms with Crippen molar-refractivity contribution in [3.8, 4) is 0 Å². The van der Waals surface area contributed by atoms with E-state index < -0.39 is 42.7 Å². The number of rotatable bonds is 9. The molecule has 0 radical (unpaired) electrons. The third kappa shape index (κ3) is 5.84. The van der Waals surface area contributed by atoms with E-state index in [0.29, 0.717) is 5.92 Å². The van der Waals surface area contributed by atoms with Gasteiger partial charge in [-0.05, 0) is 43.4 Å². The molecule has 0 nitrogen and oxygen atoms in total. The van der Waals surface area contributed by atoms with Gasteiger partial charge in [-0.15, -0.1) is 0 Å². The summed E-state index contributed by atoms with van der Waals surface area (Å²) in [4.78, 5) is 0. The fourth-order valence-electron chi connectivity index (χ4n) is 5.23. The fraction of sp³-hybridized carbons (Fsp3) is 1.00. The molecule has 0 aliphatic heterocycles. The molecule has 0 bridgehead atoms. The van der Waals surface area contributed by atoms with Crippen LogP contribution in [0.25, 0.3) is 0 Å². The molecule has 2 aliphatic carbocycles. The maximum absolute atomic E-state index is 14.1. The van der Waals surface area contributed by atoms with Crippen LogP contribution < -0.4 is 0 Å². The lowest BCUT2D eigenvalue weighted by Gasteiger charge is -2.40. The van der Waals surface area contributed by atoms with Gasteiger partial charge in [0.1, 0.15) is 0 Å². The SMILES string of the molecule is CCCC[C@H]1CC[C@H](CC[C@H]2CC[C@H](C(F)(F)C(F)(F)C(F)(F)C(F)(F)F)CC2)CC1. The second-order valence-corrected chi connectivity index (χ2v) is 9.59. The van der Waals surface area contributed by atoms with Crippen LogP contribution in [0.2, 0.25) is 0 Å². The summed E-state index contributed by atoms with van der Waals surface area (Å²) in [6.07, 6.45) is 2.60. The summed E-state index contributed by atoms with van der Waals surface area (Å²) < 4.78 is 119. The van der Waals surface area contributed by atoms with E-state index in [1.165, 1.54) is 32.1 Å². The highest BCUT2D eigenvalue weighted by Gasteiger charge is 2.82. The maximum atomic E-state index is 14.1. The molecule has 2 aliphatic rings. The summed E-state index contributed by atoms with van der Waals surface area (Å²) in [7, 11) is 0. The van der Waals surface area contributed by atoms with Crippen molar-refractivity contribution in [2.75, 3.05) is 0 Å². The van der Waals surface area contributed by atoms with Crippen LogP contribution in [0.4, 0.5) is 39.5 Å².